The summed E-state index contributed by atoms with van der Waals surface area (Å²) in [7, 11) is 0. The maximum absolute atomic E-state index is 10.1. The molecule has 0 atom stereocenters. The van der Waals surface area contributed by atoms with Crippen LogP contribution in [-0.4, -0.2) is 25.3 Å². The van der Waals surface area contributed by atoms with E-state index in [1.165, 1.54) is 0 Å². The van der Waals surface area contributed by atoms with Gasteiger partial charge in [0.25, 0.3) is 0 Å². The van der Waals surface area contributed by atoms with E-state index in [9.17, 15) is 5.11 Å². The van der Waals surface area contributed by atoms with E-state index in [1.54, 1.807) is 11.0 Å². The Morgan fingerprint density at radius 2 is 2.00 bits per heavy atom. The van der Waals surface area contributed by atoms with Crippen molar-refractivity contribution in [1.82, 2.24) is 20.2 Å². The van der Waals surface area contributed by atoms with Crippen molar-refractivity contribution in [3.63, 3.8) is 0 Å². The van der Waals surface area contributed by atoms with Crippen molar-refractivity contribution in [2.75, 3.05) is 5.32 Å². The van der Waals surface area contributed by atoms with Crippen LogP contribution in [0.5, 0.6) is 5.75 Å². The zero-order valence-corrected chi connectivity index (χ0v) is 11.6. The molecule has 6 heteroatoms. The monoisotopic (exact) mass is 281 g/mol. The first kappa shape index (κ1) is 13.1. The van der Waals surface area contributed by atoms with Crippen LogP contribution in [0.25, 0.3) is 5.69 Å². The molecule has 0 aliphatic heterocycles. The number of nitrogens with one attached hydrogen (secondary N) is 1. The van der Waals surface area contributed by atoms with E-state index in [0.717, 1.165) is 22.5 Å². The smallest absolute Gasteiger partial charge is 0.143 e. The van der Waals surface area contributed by atoms with Crippen LogP contribution in [0.1, 0.15) is 11.1 Å². The van der Waals surface area contributed by atoms with Crippen LogP contribution < -0.4 is 5.32 Å². The van der Waals surface area contributed by atoms with Crippen LogP contribution in [0, 0.1) is 6.92 Å². The second-order valence-electron chi connectivity index (χ2n) is 4.71. The van der Waals surface area contributed by atoms with Crippen molar-refractivity contribution in [2.24, 2.45) is 0 Å². The molecule has 0 bridgehead atoms. The molecule has 0 saturated heterocycles. The van der Waals surface area contributed by atoms with Gasteiger partial charge >= 0.3 is 0 Å². The van der Waals surface area contributed by atoms with Gasteiger partial charge in [0.2, 0.25) is 0 Å². The van der Waals surface area contributed by atoms with Gasteiger partial charge in [0.1, 0.15) is 12.1 Å². The SMILES string of the molecule is Cc1cccc(CNc2ccccc2-n2cnnn2)c1O. The van der Waals surface area contributed by atoms with Crippen molar-refractivity contribution >= 4 is 5.69 Å². The van der Waals surface area contributed by atoms with Crippen molar-refractivity contribution in [3.8, 4) is 11.4 Å². The molecule has 0 radical (unpaired) electrons. The van der Waals surface area contributed by atoms with Crippen molar-refractivity contribution in [3.05, 3.63) is 59.9 Å². The molecular formula is C15H15N5O. The summed E-state index contributed by atoms with van der Waals surface area (Å²) in [5.41, 5.74) is 3.46. The molecule has 0 amide bonds. The lowest BCUT2D eigenvalue weighted by molar-refractivity contribution is 0.465. The molecule has 3 rings (SSSR count). The highest BCUT2D eigenvalue weighted by atomic mass is 16.3. The van der Waals surface area contributed by atoms with Gasteiger partial charge < -0.3 is 10.4 Å². The summed E-state index contributed by atoms with van der Waals surface area (Å²) in [6.07, 6.45) is 1.55. The summed E-state index contributed by atoms with van der Waals surface area (Å²) in [5, 5.41) is 24.6. The number of hydrogen-bond donors (Lipinski definition) is 2. The third kappa shape index (κ3) is 2.69. The average Bonchev–Trinajstić information content (AvgIpc) is 3.03. The summed E-state index contributed by atoms with van der Waals surface area (Å²) in [4.78, 5) is 0. The molecule has 0 unspecified atom stereocenters. The van der Waals surface area contributed by atoms with E-state index >= 15 is 0 Å². The average molecular weight is 281 g/mol. The molecule has 0 fully saturated rings. The Morgan fingerprint density at radius 3 is 2.81 bits per heavy atom. The van der Waals surface area contributed by atoms with Gasteiger partial charge in [0.05, 0.1) is 11.4 Å². The van der Waals surface area contributed by atoms with Crippen LogP contribution in [-0.2, 0) is 6.54 Å². The van der Waals surface area contributed by atoms with Crippen molar-refractivity contribution < 1.29 is 5.11 Å². The molecule has 0 saturated carbocycles. The van der Waals surface area contributed by atoms with E-state index in [2.05, 4.69) is 20.8 Å². The fraction of sp³-hybridized carbons (Fsp3) is 0.133. The molecule has 3 aromatic rings. The number of para-hydroxylation sites is 3. The predicted octanol–water partition coefficient (Wildman–Crippen LogP) is 2.29. The number of rotatable bonds is 4. The highest BCUT2D eigenvalue weighted by molar-refractivity contribution is 5.60. The Kier molecular flexibility index (Phi) is 3.51. The van der Waals surface area contributed by atoms with Gasteiger partial charge in [-0.25, -0.2) is 0 Å². The number of anilines is 1. The normalized spacial score (nSPS) is 10.5. The van der Waals surface area contributed by atoms with Gasteiger partial charge in [-0.1, -0.05) is 30.3 Å². The molecule has 21 heavy (non-hydrogen) atoms. The summed E-state index contributed by atoms with van der Waals surface area (Å²) in [6.45, 7) is 2.40. The Labute approximate surface area is 122 Å². The molecular weight excluding hydrogens is 266 g/mol. The quantitative estimate of drug-likeness (QED) is 0.767. The summed E-state index contributed by atoms with van der Waals surface area (Å²) >= 11 is 0. The summed E-state index contributed by atoms with van der Waals surface area (Å²) in [6, 6.07) is 13.4. The van der Waals surface area contributed by atoms with Gasteiger partial charge in [-0.05, 0) is 35.0 Å². The van der Waals surface area contributed by atoms with Crippen molar-refractivity contribution in [2.45, 2.75) is 13.5 Å². The number of hydrogen-bond acceptors (Lipinski definition) is 5. The minimum Gasteiger partial charge on any atom is -0.507 e. The lowest BCUT2D eigenvalue weighted by Gasteiger charge is -2.12. The van der Waals surface area contributed by atoms with E-state index in [-0.39, 0.29) is 0 Å². The molecule has 0 spiro atoms. The third-order valence-corrected chi connectivity index (χ3v) is 3.29. The lowest BCUT2D eigenvalue weighted by Crippen LogP contribution is -2.05. The maximum Gasteiger partial charge on any atom is 0.143 e. The number of aromatic hydroxyl groups is 1. The second-order valence-corrected chi connectivity index (χ2v) is 4.71. The topological polar surface area (TPSA) is 75.9 Å². The van der Waals surface area contributed by atoms with Crippen LogP contribution in [0.2, 0.25) is 0 Å². The molecule has 1 aromatic heterocycles. The first-order valence-electron chi connectivity index (χ1n) is 6.59. The molecule has 106 valence electrons. The molecule has 0 aliphatic carbocycles. The standard InChI is InChI=1S/C15H15N5O/c1-11-5-4-6-12(15(11)21)9-16-13-7-2-3-8-14(13)20-10-17-18-19-20/h2-8,10,16,21H,9H2,1H3. The van der Waals surface area contributed by atoms with Crippen molar-refractivity contribution in [1.29, 1.82) is 0 Å². The molecule has 2 N–H and O–H groups in total. The maximum atomic E-state index is 10.1. The third-order valence-electron chi connectivity index (χ3n) is 3.29. The van der Waals surface area contributed by atoms with Crippen LogP contribution in [0.4, 0.5) is 5.69 Å². The fourth-order valence-corrected chi connectivity index (χ4v) is 2.15. The Balaban J connectivity index is 1.85. The van der Waals surface area contributed by atoms with E-state index in [0.29, 0.717) is 12.3 Å². The molecule has 0 aliphatic rings. The van der Waals surface area contributed by atoms with E-state index in [1.807, 2.05) is 49.4 Å². The highest BCUT2D eigenvalue weighted by Crippen LogP contribution is 2.24. The molecule has 6 nitrogen and oxygen atoms in total. The Bertz CT molecular complexity index is 740. The number of benzene rings is 2. The first-order valence-corrected chi connectivity index (χ1v) is 6.59. The van der Waals surface area contributed by atoms with Crippen LogP contribution in [0.15, 0.2) is 48.8 Å². The minimum absolute atomic E-state index is 0.324. The van der Waals surface area contributed by atoms with Gasteiger partial charge in [0.15, 0.2) is 0 Å². The van der Waals surface area contributed by atoms with Gasteiger partial charge in [0, 0.05) is 12.1 Å². The number of nitrogens with zero attached hydrogens (tertiary/aromatic N) is 4. The number of aryl methyl sites for hydroxylation is 1. The number of tetrazole rings is 1. The summed E-state index contributed by atoms with van der Waals surface area (Å²) < 4.78 is 1.60. The van der Waals surface area contributed by atoms with Gasteiger partial charge in [-0.3, -0.25) is 0 Å². The van der Waals surface area contributed by atoms with E-state index < -0.39 is 0 Å². The summed E-state index contributed by atoms with van der Waals surface area (Å²) in [5.74, 6) is 0.324. The molecule has 1 heterocycles. The van der Waals surface area contributed by atoms with Gasteiger partial charge in [-0.2, -0.15) is 4.68 Å². The predicted molar refractivity (Wildman–Crippen MR) is 79.3 cm³/mol. The molecule has 2 aromatic carbocycles. The van der Waals surface area contributed by atoms with Gasteiger partial charge in [-0.15, -0.1) is 5.10 Å². The van der Waals surface area contributed by atoms with Crippen LogP contribution >= 0.6 is 0 Å². The largest absolute Gasteiger partial charge is 0.507 e. The number of phenols is 1. The Hall–Kier alpha value is -2.89. The number of aromatic nitrogens is 4. The Morgan fingerprint density at radius 1 is 1.14 bits per heavy atom. The van der Waals surface area contributed by atoms with E-state index in [4.69, 9.17) is 0 Å². The zero-order chi connectivity index (χ0) is 14.7. The first-order chi connectivity index (χ1) is 10.3. The zero-order valence-electron chi connectivity index (χ0n) is 11.6. The fourth-order valence-electron chi connectivity index (χ4n) is 2.15. The minimum atomic E-state index is 0.324. The van der Waals surface area contributed by atoms with Crippen LogP contribution in [0.3, 0.4) is 0 Å². The lowest BCUT2D eigenvalue weighted by atomic mass is 10.1. The number of phenolic OH excluding ortho intramolecular Hbond substituents is 1. The second kappa shape index (κ2) is 5.62. The highest BCUT2D eigenvalue weighted by Gasteiger charge is 2.07.